The average Bonchev–Trinajstić information content (AvgIpc) is 3.05. The van der Waals surface area contributed by atoms with Crippen LogP contribution in [-0.2, 0) is 16.1 Å². The number of carbonyl (C=O) groups excluding carboxylic acids is 2. The highest BCUT2D eigenvalue weighted by Gasteiger charge is 2.49. The molecular weight excluding hydrogens is 349 g/mol. The summed E-state index contributed by atoms with van der Waals surface area (Å²) in [5, 5.41) is 0. The van der Waals surface area contributed by atoms with Crippen molar-refractivity contribution in [1.29, 1.82) is 0 Å². The molecule has 0 N–H and O–H groups in total. The first-order valence-corrected chi connectivity index (χ1v) is 9.39. The first-order chi connectivity index (χ1) is 12.8. The van der Waals surface area contributed by atoms with Gasteiger partial charge in [0.05, 0.1) is 19.1 Å². The number of rotatable bonds is 5. The lowest BCUT2D eigenvalue weighted by Gasteiger charge is -2.39. The zero-order valence-corrected chi connectivity index (χ0v) is 16.3. The van der Waals surface area contributed by atoms with Crippen LogP contribution < -0.4 is 4.74 Å². The summed E-state index contributed by atoms with van der Waals surface area (Å²) in [6, 6.07) is 4.59. The normalized spacial score (nSPS) is 22.8. The molecule has 148 valence electrons. The van der Waals surface area contributed by atoms with E-state index in [1.165, 1.54) is 13.2 Å². The van der Waals surface area contributed by atoms with Crippen LogP contribution in [0.3, 0.4) is 0 Å². The van der Waals surface area contributed by atoms with E-state index < -0.39 is 5.41 Å². The quantitative estimate of drug-likeness (QED) is 0.784. The standard InChI is InChI=1S/C20H28FN3O3/c1-22(2)13-18(25)24-10-8-20(14-24)7-4-9-23(19(20)26)12-15-11-16(27-3)5-6-17(15)21/h5-6,11H,4,7-10,12-14H2,1-3H3. The number of hydrogen-bond donors (Lipinski definition) is 0. The molecule has 3 rings (SSSR count). The predicted molar refractivity (Wildman–Crippen MR) is 99.8 cm³/mol. The summed E-state index contributed by atoms with van der Waals surface area (Å²) in [4.78, 5) is 31.0. The Kier molecular flexibility index (Phi) is 5.69. The maximum absolute atomic E-state index is 14.2. The van der Waals surface area contributed by atoms with Crippen molar-refractivity contribution in [2.75, 3.05) is 47.4 Å². The zero-order chi connectivity index (χ0) is 19.6. The highest BCUT2D eigenvalue weighted by atomic mass is 19.1. The Morgan fingerprint density at radius 2 is 2.07 bits per heavy atom. The zero-order valence-electron chi connectivity index (χ0n) is 16.3. The number of methoxy groups -OCH3 is 1. The van der Waals surface area contributed by atoms with Crippen LogP contribution in [0.4, 0.5) is 4.39 Å². The van der Waals surface area contributed by atoms with Gasteiger partial charge in [0.25, 0.3) is 0 Å². The topological polar surface area (TPSA) is 53.1 Å². The van der Waals surface area contributed by atoms with Gasteiger partial charge in [0.15, 0.2) is 0 Å². The van der Waals surface area contributed by atoms with Crippen LogP contribution in [0.2, 0.25) is 0 Å². The highest BCUT2D eigenvalue weighted by molar-refractivity contribution is 5.86. The molecule has 2 saturated heterocycles. The molecule has 7 heteroatoms. The van der Waals surface area contributed by atoms with Gasteiger partial charge < -0.3 is 19.4 Å². The van der Waals surface area contributed by atoms with Gasteiger partial charge in [0.2, 0.25) is 11.8 Å². The third kappa shape index (κ3) is 4.08. The molecule has 2 aliphatic heterocycles. The number of carbonyl (C=O) groups is 2. The summed E-state index contributed by atoms with van der Waals surface area (Å²) < 4.78 is 19.4. The van der Waals surface area contributed by atoms with Gasteiger partial charge in [-0.3, -0.25) is 9.59 Å². The summed E-state index contributed by atoms with van der Waals surface area (Å²) >= 11 is 0. The number of amides is 2. The number of ether oxygens (including phenoxy) is 1. The Balaban J connectivity index is 1.72. The first kappa shape index (κ1) is 19.6. The molecule has 2 aliphatic rings. The summed E-state index contributed by atoms with van der Waals surface area (Å²) in [6.07, 6.45) is 2.34. The number of halogens is 1. The highest BCUT2D eigenvalue weighted by Crippen LogP contribution is 2.40. The molecule has 1 spiro atoms. The van der Waals surface area contributed by atoms with Crippen molar-refractivity contribution in [1.82, 2.24) is 14.7 Å². The van der Waals surface area contributed by atoms with Crippen LogP contribution in [0, 0.1) is 11.2 Å². The maximum Gasteiger partial charge on any atom is 0.236 e. The Morgan fingerprint density at radius 3 is 2.78 bits per heavy atom. The van der Waals surface area contributed by atoms with E-state index in [2.05, 4.69) is 0 Å². The fraction of sp³-hybridized carbons (Fsp3) is 0.600. The summed E-state index contributed by atoms with van der Waals surface area (Å²) in [7, 11) is 5.26. The Hall–Kier alpha value is -2.15. The number of likely N-dealkylation sites (tertiary alicyclic amines) is 2. The molecule has 1 aromatic rings. The van der Waals surface area contributed by atoms with Crippen LogP contribution in [-0.4, -0.2) is 73.9 Å². The lowest BCUT2D eigenvalue weighted by atomic mass is 9.78. The molecule has 0 bridgehead atoms. The second-order valence-electron chi connectivity index (χ2n) is 7.87. The van der Waals surface area contributed by atoms with E-state index in [1.54, 1.807) is 21.9 Å². The van der Waals surface area contributed by atoms with Gasteiger partial charge in [-0.2, -0.15) is 0 Å². The van der Waals surface area contributed by atoms with E-state index in [9.17, 15) is 14.0 Å². The van der Waals surface area contributed by atoms with Gasteiger partial charge in [0, 0.05) is 31.7 Å². The molecule has 0 aromatic heterocycles. The second-order valence-corrected chi connectivity index (χ2v) is 7.87. The van der Waals surface area contributed by atoms with Crippen molar-refractivity contribution in [3.8, 4) is 5.75 Å². The summed E-state index contributed by atoms with van der Waals surface area (Å²) in [6.45, 7) is 2.27. The third-order valence-corrected chi connectivity index (χ3v) is 5.60. The fourth-order valence-electron chi connectivity index (χ4n) is 4.14. The molecule has 0 aliphatic carbocycles. The second kappa shape index (κ2) is 7.84. The molecule has 0 saturated carbocycles. The lowest BCUT2D eigenvalue weighted by Crippen LogP contribution is -2.50. The number of nitrogens with zero attached hydrogens (tertiary/aromatic N) is 3. The summed E-state index contributed by atoms with van der Waals surface area (Å²) in [5.74, 6) is 0.334. The molecule has 0 radical (unpaired) electrons. The maximum atomic E-state index is 14.2. The van der Waals surface area contributed by atoms with Crippen molar-refractivity contribution < 1.29 is 18.7 Å². The van der Waals surface area contributed by atoms with Crippen LogP contribution in [0.1, 0.15) is 24.8 Å². The van der Waals surface area contributed by atoms with Crippen LogP contribution >= 0.6 is 0 Å². The molecule has 2 amide bonds. The Labute approximate surface area is 159 Å². The van der Waals surface area contributed by atoms with Crippen LogP contribution in [0.25, 0.3) is 0 Å². The fourth-order valence-corrected chi connectivity index (χ4v) is 4.14. The van der Waals surface area contributed by atoms with Crippen molar-refractivity contribution in [2.24, 2.45) is 5.41 Å². The van der Waals surface area contributed by atoms with Gasteiger partial charge in [0.1, 0.15) is 11.6 Å². The molecule has 6 nitrogen and oxygen atoms in total. The number of benzene rings is 1. The minimum atomic E-state index is -0.518. The smallest absolute Gasteiger partial charge is 0.236 e. The number of hydrogen-bond acceptors (Lipinski definition) is 4. The van der Waals surface area contributed by atoms with E-state index in [0.29, 0.717) is 43.9 Å². The largest absolute Gasteiger partial charge is 0.497 e. The predicted octanol–water partition coefficient (Wildman–Crippen LogP) is 1.74. The Bertz CT molecular complexity index is 724. The van der Waals surface area contributed by atoms with E-state index >= 15 is 0 Å². The molecular formula is C20H28FN3O3. The molecule has 1 atom stereocenters. The van der Waals surface area contributed by atoms with E-state index in [0.717, 1.165) is 12.8 Å². The SMILES string of the molecule is COc1ccc(F)c(CN2CCCC3(CCN(C(=O)CN(C)C)C3)C2=O)c1. The van der Waals surface area contributed by atoms with E-state index in [-0.39, 0.29) is 24.2 Å². The van der Waals surface area contributed by atoms with Crippen LogP contribution in [0.15, 0.2) is 18.2 Å². The molecule has 1 aromatic carbocycles. The van der Waals surface area contributed by atoms with Crippen molar-refractivity contribution in [2.45, 2.75) is 25.8 Å². The van der Waals surface area contributed by atoms with Crippen molar-refractivity contribution >= 4 is 11.8 Å². The van der Waals surface area contributed by atoms with Gasteiger partial charge in [-0.15, -0.1) is 0 Å². The molecule has 1 unspecified atom stereocenters. The summed E-state index contributed by atoms with van der Waals surface area (Å²) in [5.41, 5.74) is -0.0615. The molecule has 2 heterocycles. The van der Waals surface area contributed by atoms with Gasteiger partial charge in [-0.25, -0.2) is 4.39 Å². The van der Waals surface area contributed by atoms with E-state index in [1.807, 2.05) is 19.0 Å². The minimum Gasteiger partial charge on any atom is -0.497 e. The minimum absolute atomic E-state index is 0.0381. The molecule has 27 heavy (non-hydrogen) atoms. The monoisotopic (exact) mass is 377 g/mol. The van der Waals surface area contributed by atoms with Crippen LogP contribution in [0.5, 0.6) is 5.75 Å². The third-order valence-electron chi connectivity index (χ3n) is 5.60. The average molecular weight is 377 g/mol. The Morgan fingerprint density at radius 1 is 1.30 bits per heavy atom. The lowest BCUT2D eigenvalue weighted by molar-refractivity contribution is -0.147. The van der Waals surface area contributed by atoms with Crippen molar-refractivity contribution in [3.63, 3.8) is 0 Å². The number of likely N-dealkylation sites (N-methyl/N-ethyl adjacent to an activating group) is 1. The first-order valence-electron chi connectivity index (χ1n) is 9.39. The van der Waals surface area contributed by atoms with Gasteiger partial charge in [-0.05, 0) is 51.6 Å². The molecule has 2 fully saturated rings. The van der Waals surface area contributed by atoms with E-state index in [4.69, 9.17) is 4.74 Å². The van der Waals surface area contributed by atoms with Crippen molar-refractivity contribution in [3.05, 3.63) is 29.6 Å². The van der Waals surface area contributed by atoms with Gasteiger partial charge in [-0.1, -0.05) is 0 Å². The van der Waals surface area contributed by atoms with Gasteiger partial charge >= 0.3 is 0 Å². The number of piperidine rings is 1.